The predicted molar refractivity (Wildman–Crippen MR) is 79.7 cm³/mol. The first-order valence-corrected chi connectivity index (χ1v) is 7.62. The number of hydrogen-bond acceptors (Lipinski definition) is 3. The highest BCUT2D eigenvalue weighted by atomic mass is 16.2. The Labute approximate surface area is 124 Å². The van der Waals surface area contributed by atoms with E-state index in [9.17, 15) is 9.59 Å². The minimum absolute atomic E-state index is 0.226. The number of imide groups is 1. The lowest BCUT2D eigenvalue weighted by atomic mass is 10.0. The summed E-state index contributed by atoms with van der Waals surface area (Å²) < 4.78 is 0. The first-order valence-electron chi connectivity index (χ1n) is 7.62. The Morgan fingerprint density at radius 1 is 1.14 bits per heavy atom. The monoisotopic (exact) mass is 287 g/mol. The summed E-state index contributed by atoms with van der Waals surface area (Å²) >= 11 is 0. The SMILES string of the molecule is O=C(CN1CCC[C@@H]1c1ccccc1)NC(=O)NC1CC1. The van der Waals surface area contributed by atoms with Crippen molar-refractivity contribution in [2.24, 2.45) is 0 Å². The van der Waals surface area contributed by atoms with Crippen molar-refractivity contribution in [3.63, 3.8) is 0 Å². The molecule has 21 heavy (non-hydrogen) atoms. The van der Waals surface area contributed by atoms with E-state index < -0.39 is 0 Å². The summed E-state index contributed by atoms with van der Waals surface area (Å²) in [6.45, 7) is 1.18. The zero-order chi connectivity index (χ0) is 14.7. The Hall–Kier alpha value is -1.88. The molecule has 5 nitrogen and oxygen atoms in total. The smallest absolute Gasteiger partial charge is 0.321 e. The lowest BCUT2D eigenvalue weighted by molar-refractivity contribution is -0.121. The van der Waals surface area contributed by atoms with Crippen LogP contribution in [0.4, 0.5) is 4.79 Å². The van der Waals surface area contributed by atoms with Gasteiger partial charge in [-0.25, -0.2) is 4.79 Å². The Balaban J connectivity index is 1.53. The van der Waals surface area contributed by atoms with E-state index in [2.05, 4.69) is 27.7 Å². The van der Waals surface area contributed by atoms with Crippen molar-refractivity contribution in [3.8, 4) is 0 Å². The van der Waals surface area contributed by atoms with Gasteiger partial charge in [-0.05, 0) is 37.8 Å². The number of carbonyl (C=O) groups excluding carboxylic acids is 2. The van der Waals surface area contributed by atoms with Gasteiger partial charge in [-0.1, -0.05) is 30.3 Å². The molecular formula is C16H21N3O2. The fourth-order valence-electron chi connectivity index (χ4n) is 2.87. The Kier molecular flexibility index (Phi) is 4.20. The summed E-state index contributed by atoms with van der Waals surface area (Å²) in [5.41, 5.74) is 1.24. The molecule has 0 bridgehead atoms. The van der Waals surface area contributed by atoms with Crippen molar-refractivity contribution in [3.05, 3.63) is 35.9 Å². The highest BCUT2D eigenvalue weighted by Crippen LogP contribution is 2.31. The van der Waals surface area contributed by atoms with Crippen LogP contribution in [0, 0.1) is 0 Å². The molecule has 2 aliphatic rings. The number of hydrogen-bond donors (Lipinski definition) is 2. The van der Waals surface area contributed by atoms with E-state index in [1.54, 1.807) is 0 Å². The summed E-state index contributed by atoms with van der Waals surface area (Å²) in [7, 11) is 0. The molecule has 1 aliphatic heterocycles. The van der Waals surface area contributed by atoms with Crippen LogP contribution in [0.3, 0.4) is 0 Å². The molecule has 112 valence electrons. The summed E-state index contributed by atoms with van der Waals surface area (Å²) in [5, 5.41) is 5.18. The van der Waals surface area contributed by atoms with E-state index in [1.165, 1.54) is 5.56 Å². The van der Waals surface area contributed by atoms with Gasteiger partial charge in [-0.2, -0.15) is 0 Å². The average Bonchev–Trinajstić information content (AvgIpc) is 3.15. The molecule has 0 unspecified atom stereocenters. The zero-order valence-corrected chi connectivity index (χ0v) is 12.0. The van der Waals surface area contributed by atoms with E-state index in [4.69, 9.17) is 0 Å². The van der Waals surface area contributed by atoms with E-state index in [0.29, 0.717) is 0 Å². The third-order valence-corrected chi connectivity index (χ3v) is 4.06. The van der Waals surface area contributed by atoms with Crippen LogP contribution < -0.4 is 10.6 Å². The molecule has 0 spiro atoms. The minimum atomic E-state index is -0.363. The predicted octanol–water partition coefficient (Wildman–Crippen LogP) is 1.81. The number of nitrogens with one attached hydrogen (secondary N) is 2. The lowest BCUT2D eigenvalue weighted by Gasteiger charge is -2.24. The largest absolute Gasteiger partial charge is 0.335 e. The quantitative estimate of drug-likeness (QED) is 0.888. The number of carbonyl (C=O) groups is 2. The van der Waals surface area contributed by atoms with Crippen LogP contribution >= 0.6 is 0 Å². The first kappa shape index (κ1) is 14.1. The molecule has 0 aromatic heterocycles. The van der Waals surface area contributed by atoms with Gasteiger partial charge in [-0.15, -0.1) is 0 Å². The molecule has 2 N–H and O–H groups in total. The second-order valence-electron chi connectivity index (χ2n) is 5.84. The molecular weight excluding hydrogens is 266 g/mol. The van der Waals surface area contributed by atoms with Crippen LogP contribution in [-0.2, 0) is 4.79 Å². The zero-order valence-electron chi connectivity index (χ0n) is 12.0. The molecule has 1 saturated carbocycles. The van der Waals surface area contributed by atoms with Crippen LogP contribution in [0.15, 0.2) is 30.3 Å². The average molecular weight is 287 g/mol. The highest BCUT2D eigenvalue weighted by Gasteiger charge is 2.28. The molecule has 1 heterocycles. The number of urea groups is 1. The van der Waals surface area contributed by atoms with Crippen molar-refractivity contribution >= 4 is 11.9 Å². The molecule has 1 atom stereocenters. The number of benzene rings is 1. The molecule has 3 rings (SSSR count). The van der Waals surface area contributed by atoms with E-state index in [-0.39, 0.29) is 30.6 Å². The number of amides is 3. The van der Waals surface area contributed by atoms with Gasteiger partial charge in [-0.3, -0.25) is 15.0 Å². The van der Waals surface area contributed by atoms with Gasteiger partial charge in [0.2, 0.25) is 5.91 Å². The highest BCUT2D eigenvalue weighted by molar-refractivity contribution is 5.95. The fraction of sp³-hybridized carbons (Fsp3) is 0.500. The maximum absolute atomic E-state index is 12.0. The van der Waals surface area contributed by atoms with Gasteiger partial charge in [0.15, 0.2) is 0 Å². The third-order valence-electron chi connectivity index (χ3n) is 4.06. The Morgan fingerprint density at radius 2 is 1.90 bits per heavy atom. The molecule has 2 fully saturated rings. The number of likely N-dealkylation sites (tertiary alicyclic amines) is 1. The van der Waals surface area contributed by atoms with Crippen molar-refractivity contribution in [1.82, 2.24) is 15.5 Å². The van der Waals surface area contributed by atoms with Crippen molar-refractivity contribution in [1.29, 1.82) is 0 Å². The maximum Gasteiger partial charge on any atom is 0.321 e. The van der Waals surface area contributed by atoms with E-state index in [0.717, 1.165) is 32.2 Å². The standard InChI is InChI=1S/C16H21N3O2/c20-15(18-16(21)17-13-8-9-13)11-19-10-4-7-14(19)12-5-2-1-3-6-12/h1-3,5-6,13-14H,4,7-11H2,(H2,17,18,20,21)/t14-/m1/s1. The topological polar surface area (TPSA) is 61.4 Å². The lowest BCUT2D eigenvalue weighted by Crippen LogP contribution is -2.45. The van der Waals surface area contributed by atoms with Crippen molar-refractivity contribution < 1.29 is 9.59 Å². The summed E-state index contributed by atoms with van der Waals surface area (Å²) in [5.74, 6) is -0.226. The summed E-state index contributed by atoms with van der Waals surface area (Å²) in [6, 6.07) is 10.4. The molecule has 3 amide bonds. The molecule has 1 aromatic carbocycles. The van der Waals surface area contributed by atoms with Crippen LogP contribution in [0.25, 0.3) is 0 Å². The fourth-order valence-corrected chi connectivity index (χ4v) is 2.87. The van der Waals surface area contributed by atoms with Gasteiger partial charge in [0, 0.05) is 12.1 Å². The van der Waals surface area contributed by atoms with Crippen LogP contribution in [-0.4, -0.2) is 36.0 Å². The van der Waals surface area contributed by atoms with Gasteiger partial charge in [0.05, 0.1) is 6.54 Å². The minimum Gasteiger partial charge on any atom is -0.335 e. The molecule has 5 heteroatoms. The normalized spacial score (nSPS) is 22.0. The van der Waals surface area contributed by atoms with Crippen LogP contribution in [0.2, 0.25) is 0 Å². The summed E-state index contributed by atoms with van der Waals surface area (Å²) in [6.07, 6.45) is 4.18. The van der Waals surface area contributed by atoms with E-state index in [1.807, 2.05) is 18.2 Å². The molecule has 1 aromatic rings. The third kappa shape index (κ3) is 3.82. The van der Waals surface area contributed by atoms with Gasteiger partial charge >= 0.3 is 6.03 Å². The van der Waals surface area contributed by atoms with Gasteiger partial charge < -0.3 is 5.32 Å². The molecule has 1 saturated heterocycles. The number of rotatable bonds is 4. The van der Waals surface area contributed by atoms with Crippen LogP contribution in [0.5, 0.6) is 0 Å². The maximum atomic E-state index is 12.0. The van der Waals surface area contributed by atoms with Crippen molar-refractivity contribution in [2.45, 2.75) is 37.8 Å². The number of nitrogens with zero attached hydrogens (tertiary/aromatic N) is 1. The second kappa shape index (κ2) is 6.26. The summed E-state index contributed by atoms with van der Waals surface area (Å²) in [4.78, 5) is 25.7. The second-order valence-corrected chi connectivity index (χ2v) is 5.84. The Bertz CT molecular complexity index is 514. The first-order chi connectivity index (χ1) is 10.2. The van der Waals surface area contributed by atoms with Gasteiger partial charge in [0.25, 0.3) is 0 Å². The van der Waals surface area contributed by atoms with Crippen LogP contribution in [0.1, 0.15) is 37.3 Å². The van der Waals surface area contributed by atoms with Gasteiger partial charge in [0.1, 0.15) is 0 Å². The Morgan fingerprint density at radius 3 is 2.62 bits per heavy atom. The van der Waals surface area contributed by atoms with E-state index >= 15 is 0 Å². The van der Waals surface area contributed by atoms with Crippen molar-refractivity contribution in [2.75, 3.05) is 13.1 Å². The molecule has 0 radical (unpaired) electrons. The molecule has 1 aliphatic carbocycles.